The quantitative estimate of drug-likeness (QED) is 0.743. The summed E-state index contributed by atoms with van der Waals surface area (Å²) in [5.74, 6) is 1.44. The summed E-state index contributed by atoms with van der Waals surface area (Å²) in [7, 11) is 0. The van der Waals surface area contributed by atoms with Gasteiger partial charge in [-0.05, 0) is 25.8 Å². The summed E-state index contributed by atoms with van der Waals surface area (Å²) in [5, 5.41) is 9.13. The van der Waals surface area contributed by atoms with Crippen LogP contribution in [0.15, 0.2) is 12.4 Å². The molecule has 1 aliphatic rings. The zero-order valence-electron chi connectivity index (χ0n) is 8.48. The molecule has 4 heteroatoms. The number of imidazole rings is 1. The molecule has 0 radical (unpaired) electrons. The molecule has 2 heterocycles. The zero-order valence-corrected chi connectivity index (χ0v) is 8.48. The van der Waals surface area contributed by atoms with Crippen LogP contribution in [0.25, 0.3) is 0 Å². The minimum Gasteiger partial charge on any atom is -0.396 e. The third kappa shape index (κ3) is 1.81. The van der Waals surface area contributed by atoms with Crippen molar-refractivity contribution in [2.45, 2.75) is 25.9 Å². The molecule has 0 bridgehead atoms. The Morgan fingerprint density at radius 1 is 1.71 bits per heavy atom. The van der Waals surface area contributed by atoms with E-state index in [1.807, 2.05) is 6.20 Å². The predicted octanol–water partition coefficient (Wildman–Crippen LogP) is 0.612. The van der Waals surface area contributed by atoms with Crippen molar-refractivity contribution in [3.05, 3.63) is 18.2 Å². The monoisotopic (exact) mass is 195 g/mol. The van der Waals surface area contributed by atoms with Gasteiger partial charge < -0.3 is 10.1 Å². The first-order valence-corrected chi connectivity index (χ1v) is 5.14. The molecule has 0 aliphatic carbocycles. The van der Waals surface area contributed by atoms with Gasteiger partial charge in [0.05, 0.1) is 6.54 Å². The lowest BCUT2D eigenvalue weighted by atomic mass is 10.0. The molecular formula is C10H17N3O. The van der Waals surface area contributed by atoms with Crippen molar-refractivity contribution in [1.29, 1.82) is 0 Å². The minimum atomic E-state index is 0.301. The van der Waals surface area contributed by atoms with Crippen molar-refractivity contribution >= 4 is 0 Å². The van der Waals surface area contributed by atoms with Crippen LogP contribution in [0.5, 0.6) is 0 Å². The van der Waals surface area contributed by atoms with E-state index < -0.39 is 0 Å². The van der Waals surface area contributed by atoms with Gasteiger partial charge in [-0.2, -0.15) is 0 Å². The summed E-state index contributed by atoms with van der Waals surface area (Å²) in [6, 6.07) is 0.463. The molecule has 2 rings (SSSR count). The van der Waals surface area contributed by atoms with E-state index in [1.54, 1.807) is 6.20 Å². The molecule has 2 unspecified atom stereocenters. The fourth-order valence-corrected chi connectivity index (χ4v) is 2.12. The highest BCUT2D eigenvalue weighted by atomic mass is 16.3. The van der Waals surface area contributed by atoms with Crippen LogP contribution in [-0.2, 0) is 6.54 Å². The Kier molecular flexibility index (Phi) is 2.84. The fourth-order valence-electron chi connectivity index (χ4n) is 2.12. The maximum Gasteiger partial charge on any atom is 0.120 e. The first-order chi connectivity index (χ1) is 6.81. The second-order valence-corrected chi connectivity index (χ2v) is 3.98. The molecule has 2 N–H and O–H groups in total. The summed E-state index contributed by atoms with van der Waals surface area (Å²) in [4.78, 5) is 9.67. The van der Waals surface area contributed by atoms with E-state index in [-0.39, 0.29) is 0 Å². The van der Waals surface area contributed by atoms with Crippen LogP contribution in [0.2, 0.25) is 0 Å². The molecule has 0 spiro atoms. The second kappa shape index (κ2) is 4.11. The molecule has 1 aliphatic heterocycles. The Bertz CT molecular complexity index is 273. The number of hydrogen-bond acceptors (Lipinski definition) is 3. The summed E-state index contributed by atoms with van der Waals surface area (Å²) in [5.41, 5.74) is 0. The maximum atomic E-state index is 9.13. The minimum absolute atomic E-state index is 0.301. The van der Waals surface area contributed by atoms with Crippen molar-refractivity contribution < 1.29 is 5.11 Å². The van der Waals surface area contributed by atoms with Crippen molar-refractivity contribution in [3.63, 3.8) is 0 Å². The van der Waals surface area contributed by atoms with E-state index in [0.29, 0.717) is 18.6 Å². The molecule has 4 nitrogen and oxygen atoms in total. The third-order valence-corrected chi connectivity index (χ3v) is 3.19. The van der Waals surface area contributed by atoms with Gasteiger partial charge in [0.1, 0.15) is 5.82 Å². The van der Waals surface area contributed by atoms with E-state index in [0.717, 1.165) is 25.3 Å². The normalized spacial score (nSPS) is 28.4. The van der Waals surface area contributed by atoms with Gasteiger partial charge in [-0.25, -0.2) is 4.98 Å². The molecule has 0 aromatic carbocycles. The molecule has 0 saturated carbocycles. The molecule has 14 heavy (non-hydrogen) atoms. The van der Waals surface area contributed by atoms with Crippen molar-refractivity contribution in [1.82, 2.24) is 14.9 Å². The fraction of sp³-hybridized carbons (Fsp3) is 0.700. The van der Waals surface area contributed by atoms with Crippen LogP contribution < -0.4 is 0 Å². The molecule has 2 atom stereocenters. The Hall–Kier alpha value is -0.870. The van der Waals surface area contributed by atoms with E-state index >= 15 is 0 Å². The number of nitrogens with zero attached hydrogens (tertiary/aromatic N) is 2. The Balaban J connectivity index is 1.94. The number of nitrogens with one attached hydrogen (secondary N) is 1. The van der Waals surface area contributed by atoms with Gasteiger partial charge in [-0.15, -0.1) is 0 Å². The number of aliphatic hydroxyl groups excluding tert-OH is 1. The maximum absolute atomic E-state index is 9.13. The number of aromatic amines is 1. The number of rotatable bonds is 3. The molecular weight excluding hydrogens is 178 g/mol. The Morgan fingerprint density at radius 3 is 3.14 bits per heavy atom. The standard InChI is InChI=1S/C10H17N3O/c1-8-9(7-14)2-5-13(8)6-10-11-3-4-12-10/h3-4,8-9,14H,2,5-7H2,1H3,(H,11,12). The van der Waals surface area contributed by atoms with Gasteiger partial charge in [0, 0.05) is 25.0 Å². The van der Waals surface area contributed by atoms with Crippen molar-refractivity contribution in [2.75, 3.05) is 13.2 Å². The highest BCUT2D eigenvalue weighted by Crippen LogP contribution is 2.24. The third-order valence-electron chi connectivity index (χ3n) is 3.19. The largest absolute Gasteiger partial charge is 0.396 e. The molecule has 1 saturated heterocycles. The smallest absolute Gasteiger partial charge is 0.120 e. The van der Waals surface area contributed by atoms with Crippen LogP contribution >= 0.6 is 0 Å². The SMILES string of the molecule is CC1C(CO)CCN1Cc1ncc[nH]1. The van der Waals surface area contributed by atoms with Gasteiger partial charge in [-0.1, -0.05) is 0 Å². The molecule has 1 aromatic rings. The highest BCUT2D eigenvalue weighted by molar-refractivity contribution is 4.91. The Morgan fingerprint density at radius 2 is 2.57 bits per heavy atom. The van der Waals surface area contributed by atoms with Crippen LogP contribution in [-0.4, -0.2) is 39.2 Å². The van der Waals surface area contributed by atoms with E-state index in [9.17, 15) is 0 Å². The second-order valence-electron chi connectivity index (χ2n) is 3.98. The Labute approximate surface area is 84.0 Å². The lowest BCUT2D eigenvalue weighted by Crippen LogP contribution is -2.31. The van der Waals surface area contributed by atoms with Crippen LogP contribution in [0.1, 0.15) is 19.2 Å². The predicted molar refractivity (Wildman–Crippen MR) is 53.7 cm³/mol. The van der Waals surface area contributed by atoms with Crippen LogP contribution in [0.4, 0.5) is 0 Å². The van der Waals surface area contributed by atoms with Crippen molar-refractivity contribution in [2.24, 2.45) is 5.92 Å². The van der Waals surface area contributed by atoms with Gasteiger partial charge >= 0.3 is 0 Å². The van der Waals surface area contributed by atoms with Crippen molar-refractivity contribution in [3.8, 4) is 0 Å². The summed E-state index contributed by atoms with van der Waals surface area (Å²) in [6.07, 6.45) is 4.72. The highest BCUT2D eigenvalue weighted by Gasteiger charge is 2.30. The molecule has 78 valence electrons. The van der Waals surface area contributed by atoms with E-state index in [4.69, 9.17) is 5.11 Å². The van der Waals surface area contributed by atoms with Gasteiger partial charge in [-0.3, -0.25) is 4.90 Å². The van der Waals surface area contributed by atoms with Gasteiger partial charge in [0.2, 0.25) is 0 Å². The average molecular weight is 195 g/mol. The van der Waals surface area contributed by atoms with E-state index in [2.05, 4.69) is 21.8 Å². The molecule has 1 fully saturated rings. The molecule has 1 aromatic heterocycles. The zero-order chi connectivity index (χ0) is 9.97. The first kappa shape index (κ1) is 9.68. The number of hydrogen-bond donors (Lipinski definition) is 2. The van der Waals surface area contributed by atoms with Gasteiger partial charge in [0.15, 0.2) is 0 Å². The number of aliphatic hydroxyl groups is 1. The van der Waals surface area contributed by atoms with Gasteiger partial charge in [0.25, 0.3) is 0 Å². The topological polar surface area (TPSA) is 52.1 Å². The summed E-state index contributed by atoms with van der Waals surface area (Å²) >= 11 is 0. The number of H-pyrrole nitrogens is 1. The molecule has 0 amide bonds. The summed E-state index contributed by atoms with van der Waals surface area (Å²) < 4.78 is 0. The van der Waals surface area contributed by atoms with Crippen LogP contribution in [0.3, 0.4) is 0 Å². The lowest BCUT2D eigenvalue weighted by Gasteiger charge is -2.22. The van der Waals surface area contributed by atoms with Crippen LogP contribution in [0, 0.1) is 5.92 Å². The lowest BCUT2D eigenvalue weighted by molar-refractivity contribution is 0.171. The number of likely N-dealkylation sites (tertiary alicyclic amines) is 1. The number of aromatic nitrogens is 2. The van der Waals surface area contributed by atoms with E-state index in [1.165, 1.54) is 0 Å². The average Bonchev–Trinajstić information content (AvgIpc) is 2.79. The first-order valence-electron chi connectivity index (χ1n) is 5.14. The summed E-state index contributed by atoms with van der Waals surface area (Å²) in [6.45, 7) is 4.41.